The summed E-state index contributed by atoms with van der Waals surface area (Å²) < 4.78 is 0. The molecular weight excluding hydrogens is 170 g/mol. The molecule has 1 aromatic rings. The van der Waals surface area contributed by atoms with Crippen molar-refractivity contribution in [3.8, 4) is 0 Å². The van der Waals surface area contributed by atoms with Gasteiger partial charge in [-0.3, -0.25) is 0 Å². The summed E-state index contributed by atoms with van der Waals surface area (Å²) in [6, 6.07) is 8.32. The van der Waals surface area contributed by atoms with Gasteiger partial charge in [0.05, 0.1) is 0 Å². The highest BCUT2D eigenvalue weighted by Crippen LogP contribution is 2.13. The maximum atomic E-state index is 2.93. The highest BCUT2D eigenvalue weighted by atomic mass is 32.2. The van der Waals surface area contributed by atoms with Crippen molar-refractivity contribution < 1.29 is 0 Å². The second kappa shape index (κ2) is 5.16. The van der Waals surface area contributed by atoms with Gasteiger partial charge in [0.1, 0.15) is 0 Å². The predicted molar refractivity (Wildman–Crippen MR) is 52.4 cm³/mol. The van der Waals surface area contributed by atoms with Crippen LogP contribution in [0.1, 0.15) is 5.56 Å². The number of hydrazine groups is 2. The lowest BCUT2D eigenvalue weighted by molar-refractivity contribution is 0.586. The van der Waals surface area contributed by atoms with Crippen LogP contribution in [-0.4, -0.2) is 7.05 Å². The van der Waals surface area contributed by atoms with Crippen molar-refractivity contribution in [1.82, 2.24) is 15.8 Å². The summed E-state index contributed by atoms with van der Waals surface area (Å²) >= 11 is 1.53. The zero-order valence-corrected chi connectivity index (χ0v) is 8.03. The van der Waals surface area contributed by atoms with E-state index >= 15 is 0 Å². The van der Waals surface area contributed by atoms with Crippen molar-refractivity contribution in [3.05, 3.63) is 29.8 Å². The molecule has 0 aliphatic carbocycles. The van der Waals surface area contributed by atoms with Crippen molar-refractivity contribution in [3.63, 3.8) is 0 Å². The second-order valence-corrected chi connectivity index (χ2v) is 3.27. The first-order valence-corrected chi connectivity index (χ1v) is 4.55. The van der Waals surface area contributed by atoms with Crippen molar-refractivity contribution in [2.24, 2.45) is 0 Å². The Bertz CT molecular complexity index is 222. The van der Waals surface area contributed by atoms with Gasteiger partial charge in [-0.15, -0.1) is 0 Å². The van der Waals surface area contributed by atoms with E-state index < -0.39 is 0 Å². The molecule has 0 unspecified atom stereocenters. The summed E-state index contributed by atoms with van der Waals surface area (Å²) in [5.41, 5.74) is 6.82. The molecule has 0 aliphatic rings. The fraction of sp³-hybridized carbons (Fsp3) is 0.250. The fourth-order valence-corrected chi connectivity index (χ4v) is 1.28. The first kappa shape index (κ1) is 9.54. The Morgan fingerprint density at radius 2 is 1.83 bits per heavy atom. The van der Waals surface area contributed by atoms with E-state index in [1.165, 1.54) is 22.4 Å². The molecule has 66 valence electrons. The number of hydrogen-bond acceptors (Lipinski definition) is 4. The van der Waals surface area contributed by atoms with Crippen LogP contribution in [0.15, 0.2) is 29.2 Å². The molecule has 0 atom stereocenters. The third kappa shape index (κ3) is 3.23. The van der Waals surface area contributed by atoms with Crippen molar-refractivity contribution in [2.75, 3.05) is 7.05 Å². The van der Waals surface area contributed by atoms with E-state index in [4.69, 9.17) is 0 Å². The Morgan fingerprint density at radius 3 is 2.42 bits per heavy atom. The maximum absolute atomic E-state index is 2.93. The number of benzene rings is 1. The molecule has 1 rings (SSSR count). The lowest BCUT2D eigenvalue weighted by Gasteiger charge is -2.03. The van der Waals surface area contributed by atoms with E-state index in [0.29, 0.717) is 0 Å². The van der Waals surface area contributed by atoms with Crippen molar-refractivity contribution in [2.45, 2.75) is 11.8 Å². The standard InChI is InChI=1S/C8H13N3S/c1-7-3-5-8(6-4-7)12-11-10-9-2/h3-6,9-11H,1-2H3. The fourth-order valence-electron chi connectivity index (χ4n) is 0.742. The summed E-state index contributed by atoms with van der Waals surface area (Å²) in [4.78, 5) is 4.11. The minimum atomic E-state index is 1.18. The molecule has 1 aromatic carbocycles. The van der Waals surface area contributed by atoms with Gasteiger partial charge in [0.2, 0.25) is 0 Å². The highest BCUT2D eigenvalue weighted by Gasteiger charge is 1.90. The summed E-state index contributed by atoms with van der Waals surface area (Å²) in [5.74, 6) is 0. The zero-order valence-electron chi connectivity index (χ0n) is 7.22. The second-order valence-electron chi connectivity index (χ2n) is 2.39. The Kier molecular flexibility index (Phi) is 4.10. The van der Waals surface area contributed by atoms with E-state index in [1.807, 2.05) is 7.05 Å². The van der Waals surface area contributed by atoms with E-state index in [0.717, 1.165) is 0 Å². The monoisotopic (exact) mass is 183 g/mol. The molecule has 0 bridgehead atoms. The summed E-state index contributed by atoms with van der Waals surface area (Å²) in [6.07, 6.45) is 0. The molecule has 12 heavy (non-hydrogen) atoms. The lowest BCUT2D eigenvalue weighted by Crippen LogP contribution is -2.36. The SMILES string of the molecule is CNNNSc1ccc(C)cc1. The summed E-state index contributed by atoms with van der Waals surface area (Å²) in [7, 11) is 1.81. The smallest absolute Gasteiger partial charge is 0.0241 e. The quantitative estimate of drug-likeness (QED) is 0.373. The van der Waals surface area contributed by atoms with Crippen LogP contribution in [0.5, 0.6) is 0 Å². The van der Waals surface area contributed by atoms with Crippen molar-refractivity contribution >= 4 is 11.9 Å². The largest absolute Gasteiger partial charge is 0.247 e. The van der Waals surface area contributed by atoms with Crippen LogP contribution in [-0.2, 0) is 0 Å². The summed E-state index contributed by atoms with van der Waals surface area (Å²) in [6.45, 7) is 2.08. The molecular formula is C8H13N3S. The topological polar surface area (TPSA) is 36.1 Å². The Morgan fingerprint density at radius 1 is 1.17 bits per heavy atom. The van der Waals surface area contributed by atoms with Crippen LogP contribution in [0, 0.1) is 6.92 Å². The van der Waals surface area contributed by atoms with E-state index in [9.17, 15) is 0 Å². The van der Waals surface area contributed by atoms with Gasteiger partial charge >= 0.3 is 0 Å². The van der Waals surface area contributed by atoms with Crippen LogP contribution in [0.4, 0.5) is 0 Å². The zero-order chi connectivity index (χ0) is 8.81. The molecule has 0 spiro atoms. The van der Waals surface area contributed by atoms with Crippen LogP contribution in [0.3, 0.4) is 0 Å². The molecule has 0 aliphatic heterocycles. The van der Waals surface area contributed by atoms with Crippen LogP contribution >= 0.6 is 11.9 Å². The van der Waals surface area contributed by atoms with Crippen LogP contribution in [0.25, 0.3) is 0 Å². The maximum Gasteiger partial charge on any atom is 0.0241 e. The molecule has 0 amide bonds. The van der Waals surface area contributed by atoms with Gasteiger partial charge < -0.3 is 0 Å². The number of rotatable bonds is 4. The Labute approximate surface area is 77.0 Å². The third-order valence-corrected chi connectivity index (χ3v) is 2.08. The molecule has 0 fully saturated rings. The number of hydrogen-bond donors (Lipinski definition) is 3. The van der Waals surface area contributed by atoms with E-state index in [1.54, 1.807) is 0 Å². The average Bonchev–Trinajstić information content (AvgIpc) is 2.09. The van der Waals surface area contributed by atoms with Gasteiger partial charge in [-0.25, -0.2) is 5.43 Å². The van der Waals surface area contributed by atoms with Crippen LogP contribution < -0.4 is 15.8 Å². The minimum Gasteiger partial charge on any atom is -0.247 e. The molecule has 0 saturated carbocycles. The molecule has 3 nitrogen and oxygen atoms in total. The van der Waals surface area contributed by atoms with E-state index in [-0.39, 0.29) is 0 Å². The molecule has 3 N–H and O–H groups in total. The van der Waals surface area contributed by atoms with Gasteiger partial charge in [-0.1, -0.05) is 17.7 Å². The number of aryl methyl sites for hydroxylation is 1. The Hall–Kier alpha value is -0.550. The molecule has 4 heteroatoms. The number of nitrogens with one attached hydrogen (secondary N) is 3. The van der Waals surface area contributed by atoms with Gasteiger partial charge in [-0.2, -0.15) is 10.4 Å². The van der Waals surface area contributed by atoms with Crippen molar-refractivity contribution in [1.29, 1.82) is 0 Å². The molecule has 0 aromatic heterocycles. The first-order chi connectivity index (χ1) is 5.83. The summed E-state index contributed by atoms with van der Waals surface area (Å²) in [5, 5.41) is 0. The highest BCUT2D eigenvalue weighted by molar-refractivity contribution is 7.97. The van der Waals surface area contributed by atoms with Gasteiger partial charge in [-0.05, 0) is 38.1 Å². The van der Waals surface area contributed by atoms with Gasteiger partial charge in [0, 0.05) is 4.90 Å². The third-order valence-electron chi connectivity index (χ3n) is 1.37. The minimum absolute atomic E-state index is 1.18. The Balaban J connectivity index is 2.37. The predicted octanol–water partition coefficient (Wildman–Crippen LogP) is 1.23. The van der Waals surface area contributed by atoms with Crippen LogP contribution in [0.2, 0.25) is 0 Å². The first-order valence-electron chi connectivity index (χ1n) is 3.73. The average molecular weight is 183 g/mol. The normalized spacial score (nSPS) is 10.2. The van der Waals surface area contributed by atoms with Gasteiger partial charge in [0.25, 0.3) is 0 Å². The molecule has 0 heterocycles. The lowest BCUT2D eigenvalue weighted by atomic mass is 10.2. The van der Waals surface area contributed by atoms with Gasteiger partial charge in [0.15, 0.2) is 0 Å². The molecule has 0 saturated heterocycles. The molecule has 0 radical (unpaired) electrons. The van der Waals surface area contributed by atoms with E-state index in [2.05, 4.69) is 47.0 Å².